The number of hydrogen-bond donors (Lipinski definition) is 3. The van der Waals surface area contributed by atoms with Crippen molar-refractivity contribution < 1.29 is 24.9 Å². The molecule has 0 radical (unpaired) electrons. The molecule has 0 aromatic heterocycles. The van der Waals surface area contributed by atoms with Gasteiger partial charge < -0.3 is 20.1 Å². The second kappa shape index (κ2) is 6.49. The molecule has 1 aromatic rings. The maximum atomic E-state index is 11.8. The van der Waals surface area contributed by atoms with Crippen LogP contribution in [-0.4, -0.2) is 47.2 Å². The number of aliphatic hydroxyl groups excluding tert-OH is 3. The molecular formula is C13H18O5. The molecule has 0 fully saturated rings. The van der Waals surface area contributed by atoms with Crippen molar-refractivity contribution in [3.05, 3.63) is 35.9 Å². The van der Waals surface area contributed by atoms with Crippen LogP contribution in [0.1, 0.15) is 17.3 Å². The number of ether oxygens (including phenoxy) is 1. The molecule has 5 nitrogen and oxygen atoms in total. The third kappa shape index (κ3) is 3.07. The van der Waals surface area contributed by atoms with Gasteiger partial charge in [0.2, 0.25) is 0 Å². The van der Waals surface area contributed by atoms with Crippen molar-refractivity contribution in [3.8, 4) is 0 Å². The highest BCUT2D eigenvalue weighted by molar-refractivity contribution is 5.89. The predicted octanol–water partition coefficient (Wildman–Crippen LogP) is 0.195. The van der Waals surface area contributed by atoms with E-state index in [0.29, 0.717) is 5.56 Å². The number of rotatable bonds is 6. The average molecular weight is 254 g/mol. The SMILES string of the molecule is CC(OC(=O)c1ccccc1)C(CO)(CO)CO. The van der Waals surface area contributed by atoms with E-state index in [-0.39, 0.29) is 0 Å². The summed E-state index contributed by atoms with van der Waals surface area (Å²) in [5.41, 5.74) is -0.850. The Morgan fingerprint density at radius 1 is 1.17 bits per heavy atom. The fourth-order valence-electron chi connectivity index (χ4n) is 1.46. The Morgan fingerprint density at radius 3 is 2.11 bits per heavy atom. The molecule has 0 aliphatic heterocycles. The van der Waals surface area contributed by atoms with Gasteiger partial charge in [0, 0.05) is 0 Å². The second-order valence-electron chi connectivity index (χ2n) is 4.25. The van der Waals surface area contributed by atoms with Crippen LogP contribution in [0.5, 0.6) is 0 Å². The van der Waals surface area contributed by atoms with Crippen LogP contribution in [0.15, 0.2) is 30.3 Å². The maximum Gasteiger partial charge on any atom is 0.338 e. The molecule has 1 aromatic carbocycles. The van der Waals surface area contributed by atoms with Crippen molar-refractivity contribution in [2.75, 3.05) is 19.8 Å². The Balaban J connectivity index is 2.75. The molecule has 0 saturated carbocycles. The molecule has 0 bridgehead atoms. The van der Waals surface area contributed by atoms with Gasteiger partial charge in [-0.1, -0.05) is 18.2 Å². The minimum absolute atomic E-state index is 0.382. The van der Waals surface area contributed by atoms with E-state index in [4.69, 9.17) is 4.74 Å². The van der Waals surface area contributed by atoms with Crippen molar-refractivity contribution in [2.24, 2.45) is 5.41 Å². The summed E-state index contributed by atoms with van der Waals surface area (Å²) in [5, 5.41) is 27.7. The Kier molecular flexibility index (Phi) is 5.27. The van der Waals surface area contributed by atoms with Crippen LogP contribution in [0.3, 0.4) is 0 Å². The Labute approximate surface area is 106 Å². The molecular weight excluding hydrogens is 236 g/mol. The summed E-state index contributed by atoms with van der Waals surface area (Å²) >= 11 is 0. The lowest BCUT2D eigenvalue weighted by Gasteiger charge is -2.33. The molecule has 100 valence electrons. The van der Waals surface area contributed by atoms with Crippen LogP contribution < -0.4 is 0 Å². The predicted molar refractivity (Wildman–Crippen MR) is 65.0 cm³/mol. The fraction of sp³-hybridized carbons (Fsp3) is 0.462. The van der Waals surface area contributed by atoms with Crippen LogP contribution in [0, 0.1) is 5.41 Å². The van der Waals surface area contributed by atoms with E-state index in [0.717, 1.165) is 0 Å². The lowest BCUT2D eigenvalue weighted by Crippen LogP contribution is -2.45. The molecule has 0 saturated heterocycles. The van der Waals surface area contributed by atoms with Crippen LogP contribution in [0.2, 0.25) is 0 Å². The summed E-state index contributed by atoms with van der Waals surface area (Å²) in [5.74, 6) is -0.553. The summed E-state index contributed by atoms with van der Waals surface area (Å²) in [6.07, 6.45) is -0.801. The molecule has 1 rings (SSSR count). The molecule has 0 aliphatic rings. The van der Waals surface area contributed by atoms with Crippen LogP contribution in [0.25, 0.3) is 0 Å². The third-order valence-corrected chi connectivity index (χ3v) is 3.10. The molecule has 18 heavy (non-hydrogen) atoms. The monoisotopic (exact) mass is 254 g/mol. The highest BCUT2D eigenvalue weighted by atomic mass is 16.5. The number of hydrogen-bond acceptors (Lipinski definition) is 5. The number of carbonyl (C=O) groups excluding carboxylic acids is 1. The first-order valence-corrected chi connectivity index (χ1v) is 5.68. The van der Waals surface area contributed by atoms with Crippen molar-refractivity contribution in [2.45, 2.75) is 13.0 Å². The van der Waals surface area contributed by atoms with Crippen molar-refractivity contribution >= 4 is 5.97 Å². The first-order valence-electron chi connectivity index (χ1n) is 5.68. The van der Waals surface area contributed by atoms with Crippen molar-refractivity contribution in [1.82, 2.24) is 0 Å². The smallest absolute Gasteiger partial charge is 0.338 e. The fourth-order valence-corrected chi connectivity index (χ4v) is 1.46. The number of benzene rings is 1. The highest BCUT2D eigenvalue weighted by Gasteiger charge is 2.37. The van der Waals surface area contributed by atoms with Gasteiger partial charge in [-0.2, -0.15) is 0 Å². The van der Waals surface area contributed by atoms with E-state index in [9.17, 15) is 20.1 Å². The van der Waals surface area contributed by atoms with Gasteiger partial charge in [0.1, 0.15) is 6.10 Å². The minimum atomic E-state index is -1.23. The molecule has 1 atom stereocenters. The summed E-state index contributed by atoms with van der Waals surface area (Å²) in [6, 6.07) is 8.40. The van der Waals surface area contributed by atoms with Gasteiger partial charge in [-0.25, -0.2) is 4.79 Å². The number of carbonyl (C=O) groups is 1. The zero-order valence-corrected chi connectivity index (χ0v) is 10.2. The van der Waals surface area contributed by atoms with Gasteiger partial charge in [0.25, 0.3) is 0 Å². The van der Waals surface area contributed by atoms with Gasteiger partial charge >= 0.3 is 5.97 Å². The zero-order chi connectivity index (χ0) is 13.6. The first-order chi connectivity index (χ1) is 8.59. The van der Waals surface area contributed by atoms with Gasteiger partial charge in [0.15, 0.2) is 0 Å². The normalized spacial score (nSPS) is 13.1. The first kappa shape index (κ1) is 14.6. The summed E-state index contributed by atoms with van der Waals surface area (Å²) < 4.78 is 5.16. The highest BCUT2D eigenvalue weighted by Crippen LogP contribution is 2.23. The Morgan fingerprint density at radius 2 is 1.67 bits per heavy atom. The van der Waals surface area contributed by atoms with E-state index in [1.165, 1.54) is 6.92 Å². The molecule has 0 amide bonds. The average Bonchev–Trinajstić information content (AvgIpc) is 2.42. The standard InChI is InChI=1S/C13H18O5/c1-10(13(7-14,8-15)9-16)18-12(17)11-5-3-2-4-6-11/h2-6,10,14-16H,7-9H2,1H3. The lowest BCUT2D eigenvalue weighted by atomic mass is 9.85. The quantitative estimate of drug-likeness (QED) is 0.631. The zero-order valence-electron chi connectivity index (χ0n) is 10.2. The van der Waals surface area contributed by atoms with E-state index in [2.05, 4.69) is 0 Å². The maximum absolute atomic E-state index is 11.8. The van der Waals surface area contributed by atoms with Crippen LogP contribution in [0.4, 0.5) is 0 Å². The van der Waals surface area contributed by atoms with E-state index < -0.39 is 37.3 Å². The van der Waals surface area contributed by atoms with Crippen molar-refractivity contribution in [3.63, 3.8) is 0 Å². The molecule has 0 spiro atoms. The minimum Gasteiger partial charge on any atom is -0.458 e. The number of aliphatic hydroxyl groups is 3. The van der Waals surface area contributed by atoms with Crippen molar-refractivity contribution in [1.29, 1.82) is 0 Å². The summed E-state index contributed by atoms with van der Waals surface area (Å²) in [7, 11) is 0. The Bertz CT molecular complexity index is 364. The molecule has 1 unspecified atom stereocenters. The second-order valence-corrected chi connectivity index (χ2v) is 4.25. The third-order valence-electron chi connectivity index (χ3n) is 3.10. The summed E-state index contributed by atoms with van der Waals surface area (Å²) in [6.45, 7) is 0.124. The molecule has 5 heteroatoms. The van der Waals surface area contributed by atoms with Gasteiger partial charge in [-0.15, -0.1) is 0 Å². The molecule has 0 aliphatic carbocycles. The van der Waals surface area contributed by atoms with E-state index >= 15 is 0 Å². The largest absolute Gasteiger partial charge is 0.458 e. The molecule has 3 N–H and O–H groups in total. The molecule has 0 heterocycles. The van der Waals surface area contributed by atoms with Crippen LogP contribution >= 0.6 is 0 Å². The topological polar surface area (TPSA) is 87.0 Å². The summed E-state index contributed by atoms with van der Waals surface area (Å²) in [4.78, 5) is 11.8. The van der Waals surface area contributed by atoms with Gasteiger partial charge in [-0.3, -0.25) is 0 Å². The van der Waals surface area contributed by atoms with Gasteiger partial charge in [-0.05, 0) is 19.1 Å². The van der Waals surface area contributed by atoms with E-state index in [1.807, 2.05) is 0 Å². The van der Waals surface area contributed by atoms with E-state index in [1.54, 1.807) is 30.3 Å². The lowest BCUT2D eigenvalue weighted by molar-refractivity contribution is -0.0842. The Hall–Kier alpha value is -1.43. The number of esters is 1. The van der Waals surface area contributed by atoms with Crippen LogP contribution in [-0.2, 0) is 4.74 Å². The van der Waals surface area contributed by atoms with Gasteiger partial charge in [0.05, 0.1) is 30.8 Å².